The summed E-state index contributed by atoms with van der Waals surface area (Å²) in [6, 6.07) is 4.66. The summed E-state index contributed by atoms with van der Waals surface area (Å²) in [5.41, 5.74) is 0.900. The zero-order valence-corrected chi connectivity index (χ0v) is 14.1. The minimum Gasteiger partial charge on any atom is -0.310 e. The van der Waals surface area contributed by atoms with Gasteiger partial charge in [0.15, 0.2) is 0 Å². The molecule has 0 heterocycles. The van der Waals surface area contributed by atoms with Crippen molar-refractivity contribution >= 4 is 21.6 Å². The van der Waals surface area contributed by atoms with Gasteiger partial charge in [-0.1, -0.05) is 24.6 Å². The van der Waals surface area contributed by atoms with Gasteiger partial charge in [0.1, 0.15) is 5.82 Å². The van der Waals surface area contributed by atoms with Crippen LogP contribution in [-0.2, 0) is 10.0 Å². The molecular formula is C14H22ClFN2O2S. The topological polar surface area (TPSA) is 49.4 Å². The van der Waals surface area contributed by atoms with Gasteiger partial charge in [0.2, 0.25) is 10.0 Å². The van der Waals surface area contributed by atoms with Crippen molar-refractivity contribution in [1.29, 1.82) is 0 Å². The molecule has 0 saturated carbocycles. The highest BCUT2D eigenvalue weighted by Gasteiger charge is 2.13. The van der Waals surface area contributed by atoms with E-state index in [4.69, 9.17) is 11.6 Å². The first-order valence-electron chi connectivity index (χ1n) is 6.89. The molecule has 0 aliphatic carbocycles. The Labute approximate surface area is 131 Å². The second kappa shape index (κ2) is 8.08. The minimum atomic E-state index is -3.13. The maximum Gasteiger partial charge on any atom is 0.211 e. The molecule has 0 bridgehead atoms. The predicted octanol–water partition coefficient (Wildman–Crippen LogP) is 2.80. The maximum absolute atomic E-state index is 13.1. The van der Waals surface area contributed by atoms with Crippen molar-refractivity contribution < 1.29 is 12.8 Å². The third-order valence-electron chi connectivity index (χ3n) is 3.30. The lowest BCUT2D eigenvalue weighted by atomic mass is 10.1. The second-order valence-electron chi connectivity index (χ2n) is 4.96. The molecule has 0 amide bonds. The van der Waals surface area contributed by atoms with E-state index in [0.29, 0.717) is 26.1 Å². The summed E-state index contributed by atoms with van der Waals surface area (Å²) in [4.78, 5) is 0. The molecule has 0 aliphatic heterocycles. The molecule has 0 saturated heterocycles. The van der Waals surface area contributed by atoms with Gasteiger partial charge in [0, 0.05) is 19.1 Å². The van der Waals surface area contributed by atoms with Crippen molar-refractivity contribution in [2.75, 3.05) is 25.9 Å². The van der Waals surface area contributed by atoms with Gasteiger partial charge in [-0.15, -0.1) is 0 Å². The largest absolute Gasteiger partial charge is 0.310 e. The summed E-state index contributed by atoms with van der Waals surface area (Å²) in [6.07, 6.45) is 1.92. The van der Waals surface area contributed by atoms with Crippen LogP contribution >= 0.6 is 11.6 Å². The second-order valence-corrected chi connectivity index (χ2v) is 7.35. The van der Waals surface area contributed by atoms with Gasteiger partial charge in [-0.05, 0) is 37.6 Å². The lowest BCUT2D eigenvalue weighted by molar-refractivity contribution is 0.413. The van der Waals surface area contributed by atoms with E-state index in [1.54, 1.807) is 12.1 Å². The quantitative estimate of drug-likeness (QED) is 0.743. The highest BCUT2D eigenvalue weighted by molar-refractivity contribution is 7.88. The van der Waals surface area contributed by atoms with Gasteiger partial charge < -0.3 is 5.32 Å². The van der Waals surface area contributed by atoms with E-state index >= 15 is 0 Å². The fourth-order valence-corrected chi connectivity index (χ4v) is 3.15. The Balaban J connectivity index is 2.43. The Morgan fingerprint density at radius 2 is 2.10 bits per heavy atom. The van der Waals surface area contributed by atoms with Gasteiger partial charge in [-0.2, -0.15) is 0 Å². The Hall–Kier alpha value is -0.690. The lowest BCUT2D eigenvalue weighted by Gasteiger charge is -2.19. The molecule has 1 rings (SSSR count). The average molecular weight is 337 g/mol. The van der Waals surface area contributed by atoms with Crippen molar-refractivity contribution in [3.63, 3.8) is 0 Å². The van der Waals surface area contributed by atoms with Crippen LogP contribution in [0.4, 0.5) is 4.39 Å². The van der Waals surface area contributed by atoms with E-state index in [1.807, 2.05) is 13.8 Å². The zero-order chi connectivity index (χ0) is 16.0. The summed E-state index contributed by atoms with van der Waals surface area (Å²) < 4.78 is 37.4. The first kappa shape index (κ1) is 18.4. The van der Waals surface area contributed by atoms with E-state index in [0.717, 1.165) is 5.56 Å². The summed E-state index contributed by atoms with van der Waals surface area (Å²) >= 11 is 5.75. The monoisotopic (exact) mass is 336 g/mol. The Morgan fingerprint density at radius 3 is 2.62 bits per heavy atom. The van der Waals surface area contributed by atoms with Crippen LogP contribution in [-0.4, -0.2) is 38.6 Å². The number of rotatable bonds is 8. The first-order chi connectivity index (χ1) is 9.75. The molecule has 0 aliphatic rings. The number of sulfonamides is 1. The van der Waals surface area contributed by atoms with Crippen molar-refractivity contribution in [2.24, 2.45) is 0 Å². The van der Waals surface area contributed by atoms with E-state index in [2.05, 4.69) is 5.32 Å². The average Bonchev–Trinajstić information content (AvgIpc) is 2.40. The summed E-state index contributed by atoms with van der Waals surface area (Å²) in [5.74, 6) is -0.431. The number of hydrogen-bond donors (Lipinski definition) is 1. The molecule has 120 valence electrons. The van der Waals surface area contributed by atoms with Crippen LogP contribution in [0.3, 0.4) is 0 Å². The standard InChI is InChI=1S/C14H22ClFN2O2S/c1-4-18(21(3,19)20)9-5-8-17-11(2)12-6-7-14(16)13(15)10-12/h6-7,10-11,17H,4-5,8-9H2,1-3H3. The van der Waals surface area contributed by atoms with Crippen molar-refractivity contribution in [3.8, 4) is 0 Å². The summed E-state index contributed by atoms with van der Waals surface area (Å²) in [6.45, 7) is 5.40. The highest BCUT2D eigenvalue weighted by Crippen LogP contribution is 2.20. The van der Waals surface area contributed by atoms with Crippen molar-refractivity contribution in [3.05, 3.63) is 34.6 Å². The van der Waals surface area contributed by atoms with Crippen LogP contribution in [0.1, 0.15) is 31.9 Å². The van der Waals surface area contributed by atoms with Crippen LogP contribution < -0.4 is 5.32 Å². The molecule has 4 nitrogen and oxygen atoms in total. The normalized spacial score (nSPS) is 13.6. The van der Waals surface area contributed by atoms with E-state index in [-0.39, 0.29) is 11.1 Å². The minimum absolute atomic E-state index is 0.0245. The molecule has 1 unspecified atom stereocenters. The molecular weight excluding hydrogens is 315 g/mol. The Bertz CT molecular complexity index is 566. The zero-order valence-electron chi connectivity index (χ0n) is 12.6. The van der Waals surface area contributed by atoms with Gasteiger partial charge in [0.25, 0.3) is 0 Å². The molecule has 21 heavy (non-hydrogen) atoms. The van der Waals surface area contributed by atoms with E-state index in [9.17, 15) is 12.8 Å². The fraction of sp³-hybridized carbons (Fsp3) is 0.571. The highest BCUT2D eigenvalue weighted by atomic mass is 35.5. The van der Waals surface area contributed by atoms with Gasteiger partial charge in [-0.25, -0.2) is 17.1 Å². The Kier molecular flexibility index (Phi) is 7.06. The number of nitrogens with one attached hydrogen (secondary N) is 1. The molecule has 1 aromatic carbocycles. The van der Waals surface area contributed by atoms with Crippen LogP contribution in [0.15, 0.2) is 18.2 Å². The fourth-order valence-electron chi connectivity index (χ4n) is 2.03. The number of nitrogens with zero attached hydrogens (tertiary/aromatic N) is 1. The van der Waals surface area contributed by atoms with Gasteiger partial charge >= 0.3 is 0 Å². The van der Waals surface area contributed by atoms with Crippen molar-refractivity contribution in [1.82, 2.24) is 9.62 Å². The molecule has 0 spiro atoms. The van der Waals surface area contributed by atoms with Crippen molar-refractivity contribution in [2.45, 2.75) is 26.3 Å². The third-order valence-corrected chi connectivity index (χ3v) is 4.97. The number of benzene rings is 1. The first-order valence-corrected chi connectivity index (χ1v) is 9.11. The molecule has 1 aromatic rings. The number of halogens is 2. The van der Waals surface area contributed by atoms with Gasteiger partial charge in [-0.3, -0.25) is 0 Å². The van der Waals surface area contributed by atoms with Gasteiger partial charge in [0.05, 0.1) is 11.3 Å². The molecule has 1 atom stereocenters. The molecule has 0 aromatic heterocycles. The van der Waals surface area contributed by atoms with Crippen LogP contribution in [0.25, 0.3) is 0 Å². The summed E-state index contributed by atoms with van der Waals surface area (Å²) in [5, 5.41) is 3.38. The molecule has 0 radical (unpaired) electrons. The Morgan fingerprint density at radius 1 is 1.43 bits per heavy atom. The van der Waals surface area contributed by atoms with Crippen LogP contribution in [0.5, 0.6) is 0 Å². The predicted molar refractivity (Wildman–Crippen MR) is 84.5 cm³/mol. The SMILES string of the molecule is CCN(CCCNC(C)c1ccc(F)c(Cl)c1)S(C)(=O)=O. The smallest absolute Gasteiger partial charge is 0.211 e. The van der Waals surface area contributed by atoms with E-state index < -0.39 is 15.8 Å². The van der Waals surface area contributed by atoms with Crippen LogP contribution in [0.2, 0.25) is 5.02 Å². The van der Waals surface area contributed by atoms with Crippen LogP contribution in [0, 0.1) is 5.82 Å². The molecule has 0 fully saturated rings. The molecule has 1 N–H and O–H groups in total. The third kappa shape index (κ3) is 5.90. The lowest BCUT2D eigenvalue weighted by Crippen LogP contribution is -2.32. The molecule has 7 heteroatoms. The summed E-state index contributed by atoms with van der Waals surface area (Å²) in [7, 11) is -3.13. The maximum atomic E-state index is 13.1. The number of hydrogen-bond acceptors (Lipinski definition) is 3. The van der Waals surface area contributed by atoms with E-state index in [1.165, 1.54) is 16.6 Å².